The van der Waals surface area contributed by atoms with Crippen LogP contribution in [0, 0.1) is 23.7 Å². The Morgan fingerprint density at radius 3 is 2.86 bits per heavy atom. The highest BCUT2D eigenvalue weighted by atomic mass is 16.5. The molecule has 0 aliphatic carbocycles. The lowest BCUT2D eigenvalue weighted by Gasteiger charge is -2.00. The summed E-state index contributed by atoms with van der Waals surface area (Å²) in [4.78, 5) is 0. The molecular formula is C13H12O. The number of rotatable bonds is 2. The molecule has 1 rings (SSSR count). The minimum Gasteiger partial charge on any atom is -0.497 e. The normalized spacial score (nSPS) is 7.86. The zero-order chi connectivity index (χ0) is 10.2. The van der Waals surface area contributed by atoms with Gasteiger partial charge in [0.1, 0.15) is 5.75 Å². The first-order valence-electron chi connectivity index (χ1n) is 4.39. The van der Waals surface area contributed by atoms with Gasteiger partial charge in [-0.15, -0.1) is 0 Å². The van der Waals surface area contributed by atoms with E-state index in [2.05, 4.69) is 23.7 Å². The average molecular weight is 184 g/mol. The third-order valence-corrected chi connectivity index (χ3v) is 1.70. The van der Waals surface area contributed by atoms with Gasteiger partial charge in [-0.2, -0.15) is 0 Å². The van der Waals surface area contributed by atoms with Crippen molar-refractivity contribution in [1.82, 2.24) is 0 Å². The van der Waals surface area contributed by atoms with E-state index in [4.69, 9.17) is 4.74 Å². The number of hydrogen-bond donors (Lipinski definition) is 0. The van der Waals surface area contributed by atoms with Crippen molar-refractivity contribution in [3.8, 4) is 29.4 Å². The number of hydrogen-bond acceptors (Lipinski definition) is 1. The van der Waals surface area contributed by atoms with E-state index >= 15 is 0 Å². The summed E-state index contributed by atoms with van der Waals surface area (Å²) in [5, 5.41) is 0. The van der Waals surface area contributed by atoms with Crippen LogP contribution in [0.4, 0.5) is 0 Å². The van der Waals surface area contributed by atoms with Gasteiger partial charge in [0.2, 0.25) is 0 Å². The van der Waals surface area contributed by atoms with Crippen LogP contribution in [0.25, 0.3) is 0 Å². The molecule has 14 heavy (non-hydrogen) atoms. The topological polar surface area (TPSA) is 9.23 Å². The van der Waals surface area contributed by atoms with Crippen LogP contribution in [-0.2, 0) is 6.42 Å². The first kappa shape index (κ1) is 10.2. The molecule has 0 heterocycles. The van der Waals surface area contributed by atoms with E-state index in [0.717, 1.165) is 11.3 Å². The summed E-state index contributed by atoms with van der Waals surface area (Å²) in [6.45, 7) is 1.78. The second kappa shape index (κ2) is 5.73. The van der Waals surface area contributed by atoms with Crippen molar-refractivity contribution >= 4 is 0 Å². The van der Waals surface area contributed by atoms with Gasteiger partial charge in [0.25, 0.3) is 0 Å². The van der Waals surface area contributed by atoms with Crippen LogP contribution in [0.1, 0.15) is 12.5 Å². The number of benzene rings is 1. The second-order valence-corrected chi connectivity index (χ2v) is 2.71. The maximum atomic E-state index is 5.11. The van der Waals surface area contributed by atoms with Crippen LogP contribution in [0.2, 0.25) is 0 Å². The van der Waals surface area contributed by atoms with E-state index in [9.17, 15) is 0 Å². The summed E-state index contributed by atoms with van der Waals surface area (Å²) in [5.74, 6) is 12.0. The molecule has 0 bridgehead atoms. The van der Waals surface area contributed by atoms with Crippen molar-refractivity contribution < 1.29 is 4.74 Å². The zero-order valence-electron chi connectivity index (χ0n) is 8.42. The fourth-order valence-corrected chi connectivity index (χ4v) is 1.04. The van der Waals surface area contributed by atoms with Gasteiger partial charge in [0.05, 0.1) is 7.11 Å². The SMILES string of the molecule is CC#CC#CCc1cccc(OC)c1. The van der Waals surface area contributed by atoms with E-state index < -0.39 is 0 Å². The average Bonchev–Trinajstić information content (AvgIpc) is 2.25. The minimum atomic E-state index is 0.714. The van der Waals surface area contributed by atoms with Gasteiger partial charge in [0, 0.05) is 6.42 Å². The molecule has 0 aliphatic rings. The van der Waals surface area contributed by atoms with Gasteiger partial charge in [-0.05, 0) is 36.5 Å². The van der Waals surface area contributed by atoms with E-state index in [1.54, 1.807) is 14.0 Å². The van der Waals surface area contributed by atoms with Gasteiger partial charge >= 0.3 is 0 Å². The molecule has 0 saturated heterocycles. The molecule has 1 aromatic carbocycles. The minimum absolute atomic E-state index is 0.714. The lowest BCUT2D eigenvalue weighted by Crippen LogP contribution is -1.85. The third-order valence-electron chi connectivity index (χ3n) is 1.70. The summed E-state index contributed by atoms with van der Waals surface area (Å²) >= 11 is 0. The zero-order valence-corrected chi connectivity index (χ0v) is 8.42. The van der Waals surface area contributed by atoms with Crippen molar-refractivity contribution in [3.63, 3.8) is 0 Å². The largest absolute Gasteiger partial charge is 0.497 e. The van der Waals surface area contributed by atoms with E-state index in [0.29, 0.717) is 6.42 Å². The Labute approximate surface area is 85.1 Å². The van der Waals surface area contributed by atoms with Crippen molar-refractivity contribution in [2.24, 2.45) is 0 Å². The molecular weight excluding hydrogens is 172 g/mol. The Morgan fingerprint density at radius 1 is 1.29 bits per heavy atom. The summed E-state index contributed by atoms with van der Waals surface area (Å²) in [6, 6.07) is 7.88. The van der Waals surface area contributed by atoms with Crippen molar-refractivity contribution in [1.29, 1.82) is 0 Å². The standard InChI is InChI=1S/C13H12O/c1-3-4-5-6-8-12-9-7-10-13(11-12)14-2/h7,9-11H,8H2,1-2H3. The van der Waals surface area contributed by atoms with Crippen LogP contribution in [0.5, 0.6) is 5.75 Å². The first-order valence-corrected chi connectivity index (χ1v) is 4.39. The molecule has 0 amide bonds. The first-order chi connectivity index (χ1) is 6.86. The molecule has 0 radical (unpaired) electrons. The van der Waals surface area contributed by atoms with Crippen molar-refractivity contribution in [2.45, 2.75) is 13.3 Å². The van der Waals surface area contributed by atoms with Crippen LogP contribution < -0.4 is 4.74 Å². The molecule has 1 heteroatoms. The Hall–Kier alpha value is -1.86. The molecule has 0 N–H and O–H groups in total. The lowest BCUT2D eigenvalue weighted by atomic mass is 10.1. The van der Waals surface area contributed by atoms with Gasteiger partial charge in [-0.3, -0.25) is 0 Å². The van der Waals surface area contributed by atoms with Crippen LogP contribution in [-0.4, -0.2) is 7.11 Å². The summed E-state index contributed by atoms with van der Waals surface area (Å²) in [5.41, 5.74) is 1.15. The number of methoxy groups -OCH3 is 1. The number of ether oxygens (including phenoxy) is 1. The second-order valence-electron chi connectivity index (χ2n) is 2.71. The lowest BCUT2D eigenvalue weighted by molar-refractivity contribution is 0.414. The molecule has 0 aromatic heterocycles. The quantitative estimate of drug-likeness (QED) is 0.641. The molecule has 0 spiro atoms. The fourth-order valence-electron chi connectivity index (χ4n) is 1.04. The molecule has 0 unspecified atom stereocenters. The van der Waals surface area contributed by atoms with Crippen molar-refractivity contribution in [2.75, 3.05) is 7.11 Å². The summed E-state index contributed by atoms with van der Waals surface area (Å²) in [6.07, 6.45) is 0.714. The molecule has 0 saturated carbocycles. The van der Waals surface area contributed by atoms with Crippen LogP contribution in [0.3, 0.4) is 0 Å². The molecule has 1 aromatic rings. The predicted octanol–water partition coefficient (Wildman–Crippen LogP) is 2.26. The highest BCUT2D eigenvalue weighted by Crippen LogP contribution is 2.12. The third kappa shape index (κ3) is 3.25. The van der Waals surface area contributed by atoms with Gasteiger partial charge in [-0.25, -0.2) is 0 Å². The molecule has 1 nitrogen and oxygen atoms in total. The molecule has 0 fully saturated rings. The van der Waals surface area contributed by atoms with Crippen LogP contribution >= 0.6 is 0 Å². The summed E-state index contributed by atoms with van der Waals surface area (Å²) < 4.78 is 5.11. The van der Waals surface area contributed by atoms with E-state index in [1.165, 1.54) is 0 Å². The maximum absolute atomic E-state index is 5.11. The summed E-state index contributed by atoms with van der Waals surface area (Å²) in [7, 11) is 1.66. The molecule has 70 valence electrons. The Morgan fingerprint density at radius 2 is 2.14 bits per heavy atom. The predicted molar refractivity (Wildman–Crippen MR) is 57.9 cm³/mol. The van der Waals surface area contributed by atoms with E-state index in [-0.39, 0.29) is 0 Å². The van der Waals surface area contributed by atoms with Crippen LogP contribution in [0.15, 0.2) is 24.3 Å². The monoisotopic (exact) mass is 184 g/mol. The van der Waals surface area contributed by atoms with Crippen molar-refractivity contribution in [3.05, 3.63) is 29.8 Å². The van der Waals surface area contributed by atoms with Gasteiger partial charge in [-0.1, -0.05) is 24.0 Å². The smallest absolute Gasteiger partial charge is 0.119 e. The van der Waals surface area contributed by atoms with Gasteiger partial charge in [0.15, 0.2) is 0 Å². The van der Waals surface area contributed by atoms with Gasteiger partial charge < -0.3 is 4.74 Å². The molecule has 0 aliphatic heterocycles. The van der Waals surface area contributed by atoms with E-state index in [1.807, 2.05) is 24.3 Å². The Balaban J connectivity index is 2.67. The molecule has 0 atom stereocenters. The Kier molecular flexibility index (Phi) is 4.18. The maximum Gasteiger partial charge on any atom is 0.119 e. The highest BCUT2D eigenvalue weighted by molar-refractivity contribution is 5.33. The Bertz CT molecular complexity index is 410. The highest BCUT2D eigenvalue weighted by Gasteiger charge is 1.92. The fraction of sp³-hybridized carbons (Fsp3) is 0.231.